The first-order valence-corrected chi connectivity index (χ1v) is 11.0. The number of thioether (sulfide) groups is 1. The number of carbonyl (C=O) groups excluding carboxylic acids is 1. The van der Waals surface area contributed by atoms with Crippen LogP contribution in [0.2, 0.25) is 0 Å². The van der Waals surface area contributed by atoms with Crippen LogP contribution in [0.4, 0.5) is 4.79 Å². The van der Waals surface area contributed by atoms with E-state index in [0.29, 0.717) is 12.4 Å². The van der Waals surface area contributed by atoms with E-state index < -0.39 is 18.1 Å². The first-order valence-electron chi connectivity index (χ1n) is 9.85. The molecule has 0 rings (SSSR count). The molecule has 1 amide bonds. The zero-order valence-corrected chi connectivity index (χ0v) is 16.9. The van der Waals surface area contributed by atoms with E-state index in [9.17, 15) is 9.59 Å². The largest absolute Gasteiger partial charge is 0.480 e. The van der Waals surface area contributed by atoms with E-state index in [0.717, 1.165) is 18.6 Å². The van der Waals surface area contributed by atoms with Gasteiger partial charge in [0, 0.05) is 5.75 Å². The topological polar surface area (TPSA) is 75.6 Å². The van der Waals surface area contributed by atoms with E-state index in [-0.39, 0.29) is 0 Å². The highest BCUT2D eigenvalue weighted by Gasteiger charge is 2.20. The number of alkyl carbamates (subject to hydrolysis) is 1. The fourth-order valence-electron chi connectivity index (χ4n) is 2.45. The first kappa shape index (κ1) is 24.1. The number of carbonyl (C=O) groups is 2. The third-order valence-corrected chi connectivity index (χ3v) is 5.10. The summed E-state index contributed by atoms with van der Waals surface area (Å²) in [6, 6.07) is -0.877. The van der Waals surface area contributed by atoms with Crippen LogP contribution in [-0.2, 0) is 9.53 Å². The molecule has 0 heterocycles. The van der Waals surface area contributed by atoms with Crippen molar-refractivity contribution >= 4 is 23.8 Å². The van der Waals surface area contributed by atoms with E-state index in [1.807, 2.05) is 6.92 Å². The van der Waals surface area contributed by atoms with Crippen molar-refractivity contribution < 1.29 is 19.4 Å². The van der Waals surface area contributed by atoms with E-state index in [1.165, 1.54) is 57.8 Å². The molecule has 2 N–H and O–H groups in total. The molecular weight excluding hydrogens is 338 g/mol. The Kier molecular flexibility index (Phi) is 17.2. The van der Waals surface area contributed by atoms with Crippen LogP contribution in [0, 0.1) is 0 Å². The van der Waals surface area contributed by atoms with E-state index in [1.54, 1.807) is 11.8 Å². The second-order valence-electron chi connectivity index (χ2n) is 6.43. The minimum absolute atomic E-state index is 0.309. The zero-order chi connectivity index (χ0) is 18.8. The Labute approximate surface area is 157 Å². The molecule has 6 heteroatoms. The van der Waals surface area contributed by atoms with Crippen molar-refractivity contribution in [3.8, 4) is 0 Å². The van der Waals surface area contributed by atoms with Gasteiger partial charge in [0.05, 0.1) is 6.61 Å². The molecule has 5 nitrogen and oxygen atoms in total. The summed E-state index contributed by atoms with van der Waals surface area (Å²) in [5.74, 6) is 0.309. The lowest BCUT2D eigenvalue weighted by Gasteiger charge is -2.14. The Morgan fingerprint density at radius 1 is 0.920 bits per heavy atom. The first-order chi connectivity index (χ1) is 12.1. The lowest BCUT2D eigenvalue weighted by molar-refractivity contribution is -0.138. The van der Waals surface area contributed by atoms with Crippen LogP contribution in [0.15, 0.2) is 0 Å². The number of amides is 1. The summed E-state index contributed by atoms with van der Waals surface area (Å²) in [6.07, 6.45) is 13.0. The molecule has 0 aromatic carbocycles. The summed E-state index contributed by atoms with van der Waals surface area (Å²) in [7, 11) is 0. The van der Waals surface area contributed by atoms with Gasteiger partial charge >= 0.3 is 12.1 Å². The van der Waals surface area contributed by atoms with Crippen molar-refractivity contribution in [1.82, 2.24) is 5.32 Å². The maximum absolute atomic E-state index is 11.4. The summed E-state index contributed by atoms with van der Waals surface area (Å²) in [5.41, 5.74) is 0. The molecule has 0 bridgehead atoms. The zero-order valence-electron chi connectivity index (χ0n) is 16.1. The average molecular weight is 376 g/mol. The molecule has 0 saturated carbocycles. The van der Waals surface area contributed by atoms with Crippen LogP contribution < -0.4 is 5.32 Å². The quantitative estimate of drug-likeness (QED) is 0.340. The summed E-state index contributed by atoms with van der Waals surface area (Å²) in [5, 5.41) is 11.6. The van der Waals surface area contributed by atoms with Gasteiger partial charge in [0.15, 0.2) is 0 Å². The van der Waals surface area contributed by atoms with Gasteiger partial charge in [-0.25, -0.2) is 9.59 Å². The third kappa shape index (κ3) is 16.3. The van der Waals surface area contributed by atoms with E-state index in [2.05, 4.69) is 12.2 Å². The van der Waals surface area contributed by atoms with Crippen molar-refractivity contribution in [1.29, 1.82) is 0 Å². The molecule has 0 aromatic heterocycles. The lowest BCUT2D eigenvalue weighted by atomic mass is 10.1. The number of rotatable bonds is 17. The van der Waals surface area contributed by atoms with E-state index in [4.69, 9.17) is 9.84 Å². The van der Waals surface area contributed by atoms with Crippen molar-refractivity contribution in [3.63, 3.8) is 0 Å². The van der Waals surface area contributed by atoms with Gasteiger partial charge in [-0.2, -0.15) is 11.8 Å². The van der Waals surface area contributed by atoms with Gasteiger partial charge in [0.25, 0.3) is 0 Å². The Balaban J connectivity index is 3.53. The van der Waals surface area contributed by atoms with Gasteiger partial charge in [-0.1, -0.05) is 71.6 Å². The number of hydrogen-bond acceptors (Lipinski definition) is 4. The monoisotopic (exact) mass is 375 g/mol. The molecule has 0 aromatic rings. The Morgan fingerprint density at radius 3 is 2.00 bits per heavy atom. The summed E-state index contributed by atoms with van der Waals surface area (Å²) < 4.78 is 4.86. The Morgan fingerprint density at radius 2 is 1.48 bits per heavy atom. The smallest absolute Gasteiger partial charge is 0.407 e. The van der Waals surface area contributed by atoms with Gasteiger partial charge in [0.2, 0.25) is 0 Å². The van der Waals surface area contributed by atoms with Crippen molar-refractivity contribution in [2.24, 2.45) is 0 Å². The number of unbranched alkanes of at least 4 members (excludes halogenated alkanes) is 9. The fourth-order valence-corrected chi connectivity index (χ4v) is 3.48. The number of ether oxygens (including phenoxy) is 1. The molecule has 25 heavy (non-hydrogen) atoms. The predicted molar refractivity (Wildman–Crippen MR) is 105 cm³/mol. The molecular formula is C19H37NO4S. The second-order valence-corrected chi connectivity index (χ2v) is 7.58. The highest BCUT2D eigenvalue weighted by Crippen LogP contribution is 2.13. The molecule has 0 aliphatic carbocycles. The Bertz CT molecular complexity index is 339. The fraction of sp³-hybridized carbons (Fsp3) is 0.895. The van der Waals surface area contributed by atoms with Crippen LogP contribution in [-0.4, -0.2) is 41.3 Å². The molecule has 1 atom stereocenters. The molecule has 0 saturated heterocycles. The predicted octanol–water partition coefficient (Wildman–Crippen LogP) is 5.23. The van der Waals surface area contributed by atoms with E-state index >= 15 is 0 Å². The lowest BCUT2D eigenvalue weighted by Crippen LogP contribution is -2.43. The van der Waals surface area contributed by atoms with Crippen LogP contribution >= 0.6 is 11.8 Å². The number of carboxylic acid groups (broad SMARTS) is 1. The van der Waals surface area contributed by atoms with Crippen molar-refractivity contribution in [2.75, 3.05) is 18.1 Å². The van der Waals surface area contributed by atoms with Gasteiger partial charge in [-0.3, -0.25) is 0 Å². The number of nitrogens with one attached hydrogen (secondary N) is 1. The molecule has 0 aliphatic rings. The number of aliphatic carboxylic acids is 1. The number of carboxylic acids is 1. The minimum Gasteiger partial charge on any atom is -0.480 e. The SMILES string of the molecule is CCCCCCCCCCCCSC[C@H](NC(=O)OCCC)C(=O)O. The van der Waals surface area contributed by atoms with Gasteiger partial charge in [-0.15, -0.1) is 0 Å². The molecule has 0 radical (unpaired) electrons. The van der Waals surface area contributed by atoms with Gasteiger partial charge < -0.3 is 15.2 Å². The summed E-state index contributed by atoms with van der Waals surface area (Å²) in [4.78, 5) is 22.6. The summed E-state index contributed by atoms with van der Waals surface area (Å²) in [6.45, 7) is 4.44. The van der Waals surface area contributed by atoms with Crippen molar-refractivity contribution in [3.05, 3.63) is 0 Å². The average Bonchev–Trinajstić information content (AvgIpc) is 2.59. The number of hydrogen-bond donors (Lipinski definition) is 2. The van der Waals surface area contributed by atoms with Crippen LogP contribution in [0.1, 0.15) is 84.5 Å². The molecule has 148 valence electrons. The van der Waals surface area contributed by atoms with Crippen LogP contribution in [0.5, 0.6) is 0 Å². The van der Waals surface area contributed by atoms with Crippen LogP contribution in [0.3, 0.4) is 0 Å². The summed E-state index contributed by atoms with van der Waals surface area (Å²) >= 11 is 1.58. The molecule has 0 spiro atoms. The maximum atomic E-state index is 11.4. The van der Waals surface area contributed by atoms with Gasteiger partial charge in [0.1, 0.15) is 6.04 Å². The molecule has 0 unspecified atom stereocenters. The standard InChI is InChI=1S/C19H37NO4S/c1-3-5-6-7-8-9-10-11-12-13-15-25-16-17(18(21)22)20-19(23)24-14-4-2/h17H,3-16H2,1-2H3,(H,20,23)(H,21,22)/t17-/m0/s1. The normalized spacial score (nSPS) is 11.9. The second kappa shape index (κ2) is 17.9. The van der Waals surface area contributed by atoms with Crippen LogP contribution in [0.25, 0.3) is 0 Å². The molecule has 0 fully saturated rings. The third-order valence-electron chi connectivity index (χ3n) is 3.95. The molecule has 0 aliphatic heterocycles. The van der Waals surface area contributed by atoms with Crippen molar-refractivity contribution in [2.45, 2.75) is 90.5 Å². The van der Waals surface area contributed by atoms with Gasteiger partial charge in [-0.05, 0) is 18.6 Å². The Hall–Kier alpha value is -0.910. The maximum Gasteiger partial charge on any atom is 0.407 e. The highest BCUT2D eigenvalue weighted by molar-refractivity contribution is 7.99. The highest BCUT2D eigenvalue weighted by atomic mass is 32.2. The minimum atomic E-state index is -1.01.